The van der Waals surface area contributed by atoms with Crippen LogP contribution < -0.4 is 5.32 Å². The molecule has 1 unspecified atom stereocenters. The number of aliphatic carboxylic acids is 1. The fourth-order valence-electron chi connectivity index (χ4n) is 3.93. The van der Waals surface area contributed by atoms with Crippen molar-refractivity contribution in [3.63, 3.8) is 0 Å². The van der Waals surface area contributed by atoms with Crippen molar-refractivity contribution in [3.05, 3.63) is 108 Å². The average molecular weight is 536 g/mol. The molecular formula is C28H24F3N5O3. The highest BCUT2D eigenvalue weighted by Crippen LogP contribution is 2.23. The highest BCUT2D eigenvalue weighted by molar-refractivity contribution is 5.94. The van der Waals surface area contributed by atoms with Crippen molar-refractivity contribution < 1.29 is 27.9 Å². The molecule has 2 heterocycles. The molecule has 0 aliphatic carbocycles. The van der Waals surface area contributed by atoms with Gasteiger partial charge in [-0.05, 0) is 34.9 Å². The number of hydrogen-bond acceptors (Lipinski definition) is 4. The zero-order valence-electron chi connectivity index (χ0n) is 20.4. The maximum atomic E-state index is 13.0. The summed E-state index contributed by atoms with van der Waals surface area (Å²) in [4.78, 5) is 29.1. The molecule has 0 saturated heterocycles. The third kappa shape index (κ3) is 7.54. The Kier molecular flexibility index (Phi) is 8.40. The van der Waals surface area contributed by atoms with Crippen LogP contribution in [0.3, 0.4) is 0 Å². The molecule has 8 nitrogen and oxygen atoms in total. The maximum Gasteiger partial charge on any atom is 0.490 e. The third-order valence-corrected chi connectivity index (χ3v) is 5.79. The van der Waals surface area contributed by atoms with Crippen LogP contribution in [0.15, 0.2) is 91.4 Å². The van der Waals surface area contributed by atoms with Gasteiger partial charge in [0.25, 0.3) is 5.91 Å². The van der Waals surface area contributed by atoms with Gasteiger partial charge < -0.3 is 15.4 Å². The third-order valence-electron chi connectivity index (χ3n) is 5.79. The van der Waals surface area contributed by atoms with E-state index >= 15 is 0 Å². The summed E-state index contributed by atoms with van der Waals surface area (Å²) in [5, 5.41) is 19.9. The number of carbonyl (C=O) groups excluding carboxylic acids is 1. The monoisotopic (exact) mass is 535 g/mol. The Morgan fingerprint density at radius 3 is 2.28 bits per heavy atom. The van der Waals surface area contributed by atoms with Crippen LogP contribution in [0, 0.1) is 0 Å². The van der Waals surface area contributed by atoms with Crippen LogP contribution in [0.4, 0.5) is 13.2 Å². The predicted molar refractivity (Wildman–Crippen MR) is 139 cm³/mol. The zero-order valence-corrected chi connectivity index (χ0v) is 20.4. The van der Waals surface area contributed by atoms with Crippen molar-refractivity contribution >= 4 is 22.6 Å². The number of alkyl halides is 3. The zero-order chi connectivity index (χ0) is 27.8. The molecule has 5 rings (SSSR count). The standard InChI is InChI=1S/C26H23N5O.C2HF3O2/c32-26(29-22(14-23-16-27-17-28-23)12-18-6-2-1-3-7-18)25-15-24(30-31-25)21-11-10-19-8-4-5-9-20(19)13-21;3-2(4,5)1(6)7/h1-11,13,15-17,22H,12,14H2,(H,27,28)(H,29,32)(H,30,31);(H,6,7). The SMILES string of the molecule is O=C(NC(Cc1ccccc1)Cc1cnc[nH]1)c1cc(-c2ccc3ccccc3c2)n[nH]1.O=C(O)C(F)(F)F. The van der Waals surface area contributed by atoms with E-state index < -0.39 is 12.1 Å². The number of carboxylic acid groups (broad SMARTS) is 1. The number of H-pyrrole nitrogens is 2. The predicted octanol–water partition coefficient (Wildman–Crippen LogP) is 5.17. The van der Waals surface area contributed by atoms with Crippen molar-refractivity contribution in [1.82, 2.24) is 25.5 Å². The molecule has 3 aromatic carbocycles. The first kappa shape index (κ1) is 27.1. The minimum Gasteiger partial charge on any atom is -0.475 e. The minimum absolute atomic E-state index is 0.0854. The van der Waals surface area contributed by atoms with Gasteiger partial charge in [0, 0.05) is 29.9 Å². The lowest BCUT2D eigenvalue weighted by atomic mass is 10.0. The van der Waals surface area contributed by atoms with Crippen molar-refractivity contribution in [2.45, 2.75) is 25.1 Å². The summed E-state index contributed by atoms with van der Waals surface area (Å²) in [7, 11) is 0. The second-order valence-corrected chi connectivity index (χ2v) is 8.67. The van der Waals surface area contributed by atoms with Gasteiger partial charge in [-0.1, -0.05) is 66.7 Å². The van der Waals surface area contributed by atoms with Crippen LogP contribution in [-0.2, 0) is 17.6 Å². The van der Waals surface area contributed by atoms with E-state index in [9.17, 15) is 18.0 Å². The second-order valence-electron chi connectivity index (χ2n) is 8.67. The number of aromatic amines is 2. The highest BCUT2D eigenvalue weighted by atomic mass is 19.4. The molecule has 0 fully saturated rings. The van der Waals surface area contributed by atoms with E-state index in [4.69, 9.17) is 9.90 Å². The normalized spacial score (nSPS) is 11.9. The lowest BCUT2D eigenvalue weighted by molar-refractivity contribution is -0.192. The molecule has 1 amide bonds. The first-order chi connectivity index (χ1) is 18.7. The van der Waals surface area contributed by atoms with Crippen molar-refractivity contribution in [2.24, 2.45) is 0 Å². The fourth-order valence-corrected chi connectivity index (χ4v) is 3.93. The average Bonchev–Trinajstić information content (AvgIpc) is 3.62. The Balaban J connectivity index is 0.000000448. The number of nitrogens with zero attached hydrogens (tertiary/aromatic N) is 2. The molecule has 39 heavy (non-hydrogen) atoms. The lowest BCUT2D eigenvalue weighted by Crippen LogP contribution is -2.38. The van der Waals surface area contributed by atoms with Crippen molar-refractivity contribution in [2.75, 3.05) is 0 Å². The Labute approximate surface area is 220 Å². The number of halogens is 3. The maximum absolute atomic E-state index is 13.0. The van der Waals surface area contributed by atoms with Crippen LogP contribution in [0.1, 0.15) is 21.7 Å². The van der Waals surface area contributed by atoms with Gasteiger partial charge in [-0.15, -0.1) is 0 Å². The van der Waals surface area contributed by atoms with Crippen LogP contribution in [0.5, 0.6) is 0 Å². The number of rotatable bonds is 7. The van der Waals surface area contributed by atoms with E-state index in [2.05, 4.69) is 61.9 Å². The van der Waals surface area contributed by atoms with Gasteiger partial charge in [-0.2, -0.15) is 18.3 Å². The summed E-state index contributed by atoms with van der Waals surface area (Å²) < 4.78 is 31.7. The number of hydrogen-bond donors (Lipinski definition) is 4. The second kappa shape index (κ2) is 12.1. The van der Waals surface area contributed by atoms with Gasteiger partial charge in [-0.3, -0.25) is 9.89 Å². The summed E-state index contributed by atoms with van der Waals surface area (Å²) >= 11 is 0. The number of benzene rings is 3. The Hall–Kier alpha value is -4.93. The number of imidazole rings is 1. The smallest absolute Gasteiger partial charge is 0.475 e. The van der Waals surface area contributed by atoms with E-state index in [0.29, 0.717) is 12.1 Å². The molecule has 11 heteroatoms. The summed E-state index contributed by atoms with van der Waals surface area (Å²) in [5.41, 5.74) is 4.30. The molecule has 4 N–H and O–H groups in total. The van der Waals surface area contributed by atoms with Gasteiger partial charge in [0.2, 0.25) is 0 Å². The van der Waals surface area contributed by atoms with E-state index in [1.165, 1.54) is 10.9 Å². The Bertz CT molecular complexity index is 1530. The molecular weight excluding hydrogens is 511 g/mol. The van der Waals surface area contributed by atoms with Gasteiger partial charge in [0.1, 0.15) is 5.69 Å². The van der Waals surface area contributed by atoms with E-state index in [1.807, 2.05) is 36.4 Å². The quantitative estimate of drug-likeness (QED) is 0.229. The fraction of sp³-hybridized carbons (Fsp3) is 0.143. The molecule has 0 aliphatic rings. The van der Waals surface area contributed by atoms with Crippen LogP contribution in [0.2, 0.25) is 0 Å². The number of carbonyl (C=O) groups is 2. The number of fused-ring (bicyclic) bond motifs is 1. The van der Waals surface area contributed by atoms with Crippen LogP contribution >= 0.6 is 0 Å². The topological polar surface area (TPSA) is 124 Å². The number of amides is 1. The largest absolute Gasteiger partial charge is 0.490 e. The van der Waals surface area contributed by atoms with Crippen molar-refractivity contribution in [3.8, 4) is 11.3 Å². The lowest BCUT2D eigenvalue weighted by Gasteiger charge is -2.18. The molecule has 1 atom stereocenters. The van der Waals surface area contributed by atoms with Gasteiger partial charge in [0.05, 0.1) is 12.0 Å². The summed E-state index contributed by atoms with van der Waals surface area (Å²) in [6.07, 6.45) is -0.261. The van der Waals surface area contributed by atoms with Gasteiger partial charge in [-0.25, -0.2) is 9.78 Å². The Morgan fingerprint density at radius 2 is 1.62 bits per heavy atom. The van der Waals surface area contributed by atoms with E-state index in [-0.39, 0.29) is 11.9 Å². The van der Waals surface area contributed by atoms with Gasteiger partial charge in [0.15, 0.2) is 0 Å². The number of aromatic nitrogens is 4. The highest BCUT2D eigenvalue weighted by Gasteiger charge is 2.38. The van der Waals surface area contributed by atoms with Crippen LogP contribution in [0.25, 0.3) is 22.0 Å². The first-order valence-corrected chi connectivity index (χ1v) is 11.9. The molecule has 0 aliphatic heterocycles. The van der Waals surface area contributed by atoms with Crippen molar-refractivity contribution in [1.29, 1.82) is 0 Å². The summed E-state index contributed by atoms with van der Waals surface area (Å²) in [5.74, 6) is -2.93. The first-order valence-electron chi connectivity index (χ1n) is 11.9. The number of carboxylic acids is 1. The molecule has 2 aromatic heterocycles. The molecule has 200 valence electrons. The summed E-state index contributed by atoms with van der Waals surface area (Å²) in [6, 6.07) is 26.2. The van der Waals surface area contributed by atoms with Crippen LogP contribution in [-0.4, -0.2) is 49.4 Å². The van der Waals surface area contributed by atoms with E-state index in [0.717, 1.165) is 28.8 Å². The molecule has 5 aromatic rings. The number of nitrogens with one attached hydrogen (secondary N) is 3. The molecule has 0 bridgehead atoms. The van der Waals surface area contributed by atoms with Gasteiger partial charge >= 0.3 is 12.1 Å². The Morgan fingerprint density at radius 1 is 0.923 bits per heavy atom. The molecule has 0 radical (unpaired) electrons. The molecule has 0 saturated carbocycles. The van der Waals surface area contributed by atoms with E-state index in [1.54, 1.807) is 18.6 Å². The summed E-state index contributed by atoms with van der Waals surface area (Å²) in [6.45, 7) is 0. The minimum atomic E-state index is -5.08. The molecule has 0 spiro atoms.